The molecular weight excluding hydrogens is 1750 g/mol. The van der Waals surface area contributed by atoms with E-state index in [9.17, 15) is 103 Å². The number of carboxylic acid groups (broad SMARTS) is 5. The van der Waals surface area contributed by atoms with Crippen LogP contribution >= 0.6 is 21.6 Å². The van der Waals surface area contributed by atoms with Gasteiger partial charge >= 0.3 is 35.9 Å². The fourth-order valence-corrected chi connectivity index (χ4v) is 21.3. The van der Waals surface area contributed by atoms with Crippen molar-refractivity contribution >= 4 is 144 Å². The number of aliphatic hydroxyl groups excluding tert-OH is 1. The van der Waals surface area contributed by atoms with Gasteiger partial charge in [-0.2, -0.15) is 4.98 Å². The Morgan fingerprint density at radius 1 is 0.756 bits per heavy atom. The number of benzene rings is 3. The SMILES string of the molecule is CC[C@]1(O)C[C@@H]2C[C@H](c3cc4c(cc3OC)N(C)C3C45CCN4CC=C[C@](CC)([C@H]45)[C@@H](O)[C@@]3(O)C(=O)NNC(=O)OCCSSC[C@H](NC(=O)[C@H](CC(=O)O)NC(=O)[C@H](CC(=O)O)NC(=O)[C@H](CCCNC(=N)N)NC(=O)[C@H](CC(=O)O)NC(=O)CC[C@H](NC(=O)c3ccc(NCc4cnc5nc(N)[nH]c(=O)c5n4)cc3)C(=O)O)C(=O)O)c3[nH]c4ccccc4c3CCN(C2)C1. The molecule has 8 amide bonds. The third-order valence-electron chi connectivity index (χ3n) is 25.2. The van der Waals surface area contributed by atoms with Crippen LogP contribution in [0.2, 0.25) is 0 Å². The number of aromatic nitrogens is 5. The van der Waals surface area contributed by atoms with Crippen LogP contribution in [0.25, 0.3) is 22.1 Å². The minimum atomic E-state index is -2.65. The van der Waals surface area contributed by atoms with Gasteiger partial charge in [0.15, 0.2) is 22.7 Å². The predicted molar refractivity (Wildman–Crippen MR) is 473 cm³/mol. The van der Waals surface area contributed by atoms with Crippen molar-refractivity contribution in [3.8, 4) is 5.75 Å². The lowest BCUT2D eigenvalue weighted by molar-refractivity contribution is -0.204. The number of carboxylic acids is 5. The number of carbonyl (C=O) groups excluding carboxylic acids is 8. The molecule has 12 rings (SSSR count). The van der Waals surface area contributed by atoms with Crippen molar-refractivity contribution in [2.24, 2.45) is 17.1 Å². The summed E-state index contributed by atoms with van der Waals surface area (Å²) in [4.78, 5) is 210. The molecule has 2 saturated heterocycles. The third kappa shape index (κ3) is 21.6. The molecular formula is C84H107N21O24S2. The minimum Gasteiger partial charge on any atom is -0.496 e. The van der Waals surface area contributed by atoms with E-state index in [-0.39, 0.29) is 66.4 Å². The van der Waals surface area contributed by atoms with Gasteiger partial charge in [0.05, 0.1) is 56.5 Å². The van der Waals surface area contributed by atoms with E-state index in [1.165, 1.54) is 36.0 Å². The lowest BCUT2D eigenvalue weighted by Crippen LogP contribution is -2.82. The van der Waals surface area contributed by atoms with Crippen LogP contribution in [0.5, 0.6) is 5.75 Å². The summed E-state index contributed by atoms with van der Waals surface area (Å²) in [6.45, 7) is 6.64. The Hall–Kier alpha value is -13.0. The summed E-state index contributed by atoms with van der Waals surface area (Å²) in [6, 6.07) is 4.54. The number of aliphatic hydroxyl groups is 3. The van der Waals surface area contributed by atoms with E-state index in [4.69, 9.17) is 26.4 Å². The molecule has 704 valence electrons. The number of methoxy groups -OCH3 is 1. The van der Waals surface area contributed by atoms with Gasteiger partial charge in [0.1, 0.15) is 54.7 Å². The smallest absolute Gasteiger partial charge is 0.426 e. The molecule has 3 fully saturated rings. The molecule has 3 aromatic carbocycles. The van der Waals surface area contributed by atoms with Gasteiger partial charge in [-0.15, -0.1) is 0 Å². The number of hydrazine groups is 1. The number of H-pyrrole nitrogens is 2. The molecule has 2 bridgehead atoms. The molecule has 131 heavy (non-hydrogen) atoms. The van der Waals surface area contributed by atoms with Gasteiger partial charge in [0, 0.05) is 126 Å². The molecule has 6 aromatic rings. The number of aliphatic carboxylic acids is 5. The van der Waals surface area contributed by atoms with E-state index in [0.29, 0.717) is 74.6 Å². The molecule has 45 nitrogen and oxygen atoms in total. The number of piperidine rings is 1. The van der Waals surface area contributed by atoms with E-state index in [2.05, 4.69) is 101 Å². The van der Waals surface area contributed by atoms with Crippen LogP contribution in [-0.2, 0) is 75.9 Å². The van der Waals surface area contributed by atoms with Crippen molar-refractivity contribution < 1.29 is 113 Å². The van der Waals surface area contributed by atoms with Gasteiger partial charge in [-0.3, -0.25) is 78.4 Å². The lowest BCUT2D eigenvalue weighted by atomic mass is 9.47. The molecule has 47 heteroatoms. The monoisotopic (exact) mass is 1860 g/mol. The summed E-state index contributed by atoms with van der Waals surface area (Å²) in [5.41, 5.74) is 15.5. The van der Waals surface area contributed by atoms with Crippen molar-refractivity contribution in [1.29, 1.82) is 5.41 Å². The third-order valence-corrected chi connectivity index (χ3v) is 27.6. The Labute approximate surface area is 755 Å². The Bertz CT molecular complexity index is 5500. The number of amides is 8. The van der Waals surface area contributed by atoms with Crippen molar-refractivity contribution in [2.45, 2.75) is 181 Å². The van der Waals surface area contributed by atoms with Crippen LogP contribution in [-0.4, -0.2) is 296 Å². The number of carbonyl (C=O) groups is 13. The number of nitrogen functional groups attached to an aromatic ring is 1. The maximum absolute atomic E-state index is 15.2. The second kappa shape index (κ2) is 41.4. The fraction of sp³-hybridized carbons (Fsp3) is 0.500. The predicted octanol–water partition coefficient (Wildman–Crippen LogP) is -0.861. The second-order valence-electron chi connectivity index (χ2n) is 33.5. The quantitative estimate of drug-likeness (QED) is 0.00556. The number of nitrogens with one attached hydrogen (secondary N) is 13. The first-order chi connectivity index (χ1) is 62.3. The molecule has 8 heterocycles. The Kier molecular flexibility index (Phi) is 30.7. The minimum absolute atomic E-state index is 0.0254. The summed E-state index contributed by atoms with van der Waals surface area (Å²) in [5.74, 6) is -18.1. The van der Waals surface area contributed by atoms with E-state index in [1.54, 1.807) is 14.2 Å². The fourth-order valence-electron chi connectivity index (χ4n) is 19.3. The van der Waals surface area contributed by atoms with Crippen molar-refractivity contribution in [3.63, 3.8) is 0 Å². The zero-order valence-corrected chi connectivity index (χ0v) is 73.5. The first-order valence-corrected chi connectivity index (χ1v) is 45.0. The van der Waals surface area contributed by atoms with Crippen molar-refractivity contribution in [1.82, 2.24) is 82.8 Å². The number of ether oxygens (including phenoxy) is 2. The number of hydrogen-bond donors (Lipinski definition) is 23. The van der Waals surface area contributed by atoms with E-state index >= 15 is 4.79 Å². The average Bonchev–Trinajstić information content (AvgIpc) is 1.49. The number of nitrogens with zero attached hydrogens (tertiary/aromatic N) is 6. The molecule has 3 aromatic heterocycles. The van der Waals surface area contributed by atoms with Gasteiger partial charge < -0.3 is 114 Å². The Morgan fingerprint density at radius 3 is 2.06 bits per heavy atom. The maximum atomic E-state index is 15.2. The number of nitrogens with two attached hydrogens (primary N) is 2. The number of aromatic amines is 2. The summed E-state index contributed by atoms with van der Waals surface area (Å²) < 4.78 is 11.8. The molecule has 0 radical (unpaired) electrons. The summed E-state index contributed by atoms with van der Waals surface area (Å²) in [5, 5.41) is 116. The van der Waals surface area contributed by atoms with E-state index in [0.717, 1.165) is 68.8 Å². The van der Waals surface area contributed by atoms with Gasteiger partial charge in [-0.1, -0.05) is 65.8 Å². The van der Waals surface area contributed by atoms with Gasteiger partial charge in [-0.25, -0.2) is 29.8 Å². The summed E-state index contributed by atoms with van der Waals surface area (Å²) in [7, 11) is 5.14. The average molecular weight is 1860 g/mol. The molecule has 5 aliphatic heterocycles. The number of guanidine groups is 1. The highest BCUT2D eigenvalue weighted by Gasteiger charge is 2.79. The maximum Gasteiger partial charge on any atom is 0.426 e. The van der Waals surface area contributed by atoms with Crippen molar-refractivity contribution in [2.75, 3.05) is 87.5 Å². The highest BCUT2D eigenvalue weighted by Crippen LogP contribution is 2.67. The van der Waals surface area contributed by atoms with Crippen LogP contribution < -0.4 is 80.0 Å². The highest BCUT2D eigenvalue weighted by atomic mass is 33.1. The lowest BCUT2D eigenvalue weighted by Gasteiger charge is -2.63. The summed E-state index contributed by atoms with van der Waals surface area (Å²) >= 11 is 0. The standard InChI is InChI=1S/C84H107N21O24S2/c1-5-81(126)35-41-29-48(63-46(20-25-104(38-41)40-81)45-11-7-8-12-50(45)93-63)47-30-49-57(34-58(47)128-4)103(3)75-83(49)22-26-105-24-10-21-82(6-2,74(83)105)76(123)84(75,127)77(124)101-102-80(125)129-27-28-130-131-39-56(73(121)122)98-70(117)55(33-62(111)112)97-69(116)54(32-61(109)110)96-67(114)51(13-9-23-88-78(85)86)94-68(115)53(31-60(107)108)92-59(106)19-18-52(72(119)120)95-66(113)42-14-16-43(17-15-42)89-36-44-37-90-65-64(91-44)71(118)100-79(87)99-65/h7-8,10-12,14-17,21,30,34,37,41,48,51-56,74-76,89,93,123,126-127H,5-6,9,13,18-20,22-29,31-33,35-36,38-40H2,1-4H3,(H,92,106)(H,94,115)(H,95,113)(H,96,114)(H,97,116)(H,98,117)(H,101,124)(H,102,125)(H,107,108)(H,109,110)(H,111,112)(H,119,120)(H,121,122)(H4,85,86,88)(H3,87,90,99,100,118)/t41-,48+,51-,52-,53-,54-,55-,56-,74-,75?,76+,81-,82+,83?,84+/m0/s1. The topological polar surface area (TPSA) is 695 Å². The second-order valence-corrected chi connectivity index (χ2v) is 36.1. The number of hydrogen-bond acceptors (Lipinski definition) is 30. The van der Waals surface area contributed by atoms with Crippen LogP contribution in [0.15, 0.2) is 83.8 Å². The molecule has 1 aliphatic carbocycles. The van der Waals surface area contributed by atoms with Gasteiger partial charge in [0.2, 0.25) is 35.5 Å². The normalized spacial score (nSPS) is 23.5. The number of likely N-dealkylation sites (N-methyl/N-ethyl adjacent to an activating group) is 1. The molecule has 25 N–H and O–H groups in total. The van der Waals surface area contributed by atoms with Crippen LogP contribution in [0.1, 0.15) is 135 Å². The molecule has 1 spiro atoms. The molecule has 16 atom stereocenters. The Morgan fingerprint density at radius 2 is 1.41 bits per heavy atom. The zero-order chi connectivity index (χ0) is 94.7. The van der Waals surface area contributed by atoms with Gasteiger partial charge in [0.25, 0.3) is 17.4 Å². The largest absolute Gasteiger partial charge is 0.496 e. The van der Waals surface area contributed by atoms with Crippen LogP contribution in [0, 0.1) is 16.7 Å². The van der Waals surface area contributed by atoms with Crippen LogP contribution in [0.3, 0.4) is 0 Å². The Balaban J connectivity index is 0.642. The highest BCUT2D eigenvalue weighted by molar-refractivity contribution is 8.76. The van der Waals surface area contributed by atoms with Gasteiger partial charge in [-0.05, 0) is 118 Å². The number of anilines is 3. The molecule has 6 aliphatic rings. The molecule has 3 unspecified atom stereocenters. The number of rotatable bonds is 40. The first-order valence-electron chi connectivity index (χ1n) is 42.5. The van der Waals surface area contributed by atoms with Crippen LogP contribution in [0.4, 0.5) is 22.1 Å². The van der Waals surface area contributed by atoms with E-state index < -0.39 is 210 Å². The number of fused-ring (bicyclic) bond motifs is 7. The number of para-hydroxylation sites is 1. The van der Waals surface area contributed by atoms with E-state index in [1.807, 2.05) is 54.4 Å². The molecule has 1 saturated carbocycles. The van der Waals surface area contributed by atoms with Crippen molar-refractivity contribution in [3.05, 3.63) is 123 Å². The first kappa shape index (κ1) is 97.1. The zero-order valence-electron chi connectivity index (χ0n) is 71.9. The summed E-state index contributed by atoms with van der Waals surface area (Å²) in [6.07, 6.45) is -0.116.